The Balaban J connectivity index is 1.78. The summed E-state index contributed by atoms with van der Waals surface area (Å²) in [5.74, 6) is -0.783. The molecule has 1 heterocycles. The van der Waals surface area contributed by atoms with E-state index in [0.717, 1.165) is 17.4 Å². The van der Waals surface area contributed by atoms with Crippen molar-refractivity contribution in [3.05, 3.63) is 64.4 Å². The van der Waals surface area contributed by atoms with E-state index in [1.165, 1.54) is 24.1 Å². The van der Waals surface area contributed by atoms with E-state index in [-0.39, 0.29) is 29.6 Å². The molecule has 1 aliphatic rings. The highest BCUT2D eigenvalue weighted by Gasteiger charge is 2.31. The van der Waals surface area contributed by atoms with E-state index in [0.29, 0.717) is 13.1 Å². The molecule has 1 saturated heterocycles. The van der Waals surface area contributed by atoms with Crippen LogP contribution in [0.5, 0.6) is 5.75 Å². The summed E-state index contributed by atoms with van der Waals surface area (Å²) in [5, 5.41) is 0.250. The van der Waals surface area contributed by atoms with Gasteiger partial charge in [0.05, 0.1) is 18.8 Å². The molecule has 2 aromatic carbocycles. The first-order valence-electron chi connectivity index (χ1n) is 9.09. The number of carbonyl (C=O) groups is 2. The van der Waals surface area contributed by atoms with Gasteiger partial charge in [-0.2, -0.15) is 0 Å². The molecular formula is C21H22ClFN2O4. The fourth-order valence-electron chi connectivity index (χ4n) is 3.22. The first kappa shape index (κ1) is 21.1. The number of ether oxygens (including phenoxy) is 2. The summed E-state index contributed by atoms with van der Waals surface area (Å²) < 4.78 is 24.8. The lowest BCUT2D eigenvalue weighted by Crippen LogP contribution is -2.40. The molecule has 1 atom stereocenters. The van der Waals surface area contributed by atoms with E-state index >= 15 is 0 Å². The van der Waals surface area contributed by atoms with Gasteiger partial charge in [0, 0.05) is 31.8 Å². The highest BCUT2D eigenvalue weighted by atomic mass is 35.5. The van der Waals surface area contributed by atoms with Gasteiger partial charge >= 0.3 is 0 Å². The minimum Gasteiger partial charge on any atom is -0.497 e. The second kappa shape index (κ2) is 9.24. The van der Waals surface area contributed by atoms with Crippen molar-refractivity contribution in [2.45, 2.75) is 12.6 Å². The number of nitrogens with zero attached hydrogens (tertiary/aromatic N) is 2. The number of halogens is 2. The van der Waals surface area contributed by atoms with Gasteiger partial charge in [-0.1, -0.05) is 23.7 Å². The number of carbonyl (C=O) groups excluding carboxylic acids is 2. The smallest absolute Gasteiger partial charge is 0.257 e. The van der Waals surface area contributed by atoms with E-state index in [2.05, 4.69) is 0 Å². The van der Waals surface area contributed by atoms with Gasteiger partial charge in [-0.3, -0.25) is 9.59 Å². The number of methoxy groups -OCH3 is 2. The second-order valence-corrected chi connectivity index (χ2v) is 7.23. The van der Waals surface area contributed by atoms with Crippen LogP contribution >= 0.6 is 11.6 Å². The number of rotatable bonds is 5. The molecule has 154 valence electrons. The Labute approximate surface area is 173 Å². The van der Waals surface area contributed by atoms with Gasteiger partial charge in [0.2, 0.25) is 5.91 Å². The molecule has 0 radical (unpaired) electrons. The lowest BCUT2D eigenvalue weighted by atomic mass is 10.1. The van der Waals surface area contributed by atoms with Crippen LogP contribution in [-0.4, -0.2) is 61.6 Å². The molecule has 3 rings (SSSR count). The zero-order chi connectivity index (χ0) is 21.0. The van der Waals surface area contributed by atoms with Crippen molar-refractivity contribution < 1.29 is 23.5 Å². The first-order chi connectivity index (χ1) is 13.9. The molecule has 0 spiro atoms. The Bertz CT molecular complexity index is 891. The lowest BCUT2D eigenvalue weighted by molar-refractivity contribution is -0.132. The number of benzene rings is 2. The summed E-state index contributed by atoms with van der Waals surface area (Å²) in [6.45, 7) is 0.701. The van der Waals surface area contributed by atoms with Crippen molar-refractivity contribution in [1.29, 1.82) is 0 Å². The molecule has 29 heavy (non-hydrogen) atoms. The maximum Gasteiger partial charge on any atom is 0.257 e. The summed E-state index contributed by atoms with van der Waals surface area (Å²) in [7, 11) is 3.11. The van der Waals surface area contributed by atoms with Gasteiger partial charge < -0.3 is 19.3 Å². The van der Waals surface area contributed by atoms with Crippen molar-refractivity contribution >= 4 is 23.4 Å². The van der Waals surface area contributed by atoms with Gasteiger partial charge in [0.15, 0.2) is 0 Å². The van der Waals surface area contributed by atoms with Crippen LogP contribution in [0.2, 0.25) is 5.02 Å². The predicted molar refractivity (Wildman–Crippen MR) is 107 cm³/mol. The van der Waals surface area contributed by atoms with E-state index in [9.17, 15) is 14.0 Å². The Morgan fingerprint density at radius 1 is 1.17 bits per heavy atom. The molecule has 1 fully saturated rings. The highest BCUT2D eigenvalue weighted by molar-refractivity contribution is 6.31. The minimum absolute atomic E-state index is 0.163. The number of amides is 2. The van der Waals surface area contributed by atoms with Gasteiger partial charge in [0.1, 0.15) is 18.1 Å². The summed E-state index contributed by atoms with van der Waals surface area (Å²) in [5.41, 5.74) is 0.762. The molecular weight excluding hydrogens is 399 g/mol. The van der Waals surface area contributed by atoms with E-state index in [1.807, 2.05) is 24.3 Å². The second-order valence-electron chi connectivity index (χ2n) is 6.79. The molecule has 1 unspecified atom stereocenters. The lowest BCUT2D eigenvalue weighted by Gasteiger charge is -2.23. The van der Waals surface area contributed by atoms with Gasteiger partial charge in [0.25, 0.3) is 5.91 Å². The SMILES string of the molecule is COc1ccc(CN2CC(OC)CN(C(=O)c3cc(Cl)ccc3F)CC2=O)cc1. The van der Waals surface area contributed by atoms with Crippen molar-refractivity contribution in [3.8, 4) is 5.75 Å². The van der Waals surface area contributed by atoms with Crippen LogP contribution in [0.4, 0.5) is 4.39 Å². The van der Waals surface area contributed by atoms with Crippen molar-refractivity contribution in [3.63, 3.8) is 0 Å². The zero-order valence-electron chi connectivity index (χ0n) is 16.2. The monoisotopic (exact) mass is 420 g/mol. The third kappa shape index (κ3) is 5.05. The molecule has 2 amide bonds. The van der Waals surface area contributed by atoms with Crippen LogP contribution in [0, 0.1) is 5.82 Å². The van der Waals surface area contributed by atoms with E-state index in [4.69, 9.17) is 21.1 Å². The Morgan fingerprint density at radius 3 is 2.55 bits per heavy atom. The third-order valence-electron chi connectivity index (χ3n) is 4.84. The van der Waals surface area contributed by atoms with Gasteiger partial charge in [-0.25, -0.2) is 4.39 Å². The van der Waals surface area contributed by atoms with Crippen molar-refractivity contribution in [2.24, 2.45) is 0 Å². The normalized spacial score (nSPS) is 17.2. The maximum atomic E-state index is 14.1. The largest absolute Gasteiger partial charge is 0.497 e. The highest BCUT2D eigenvalue weighted by Crippen LogP contribution is 2.20. The topological polar surface area (TPSA) is 59.1 Å². The van der Waals surface area contributed by atoms with Crippen LogP contribution in [0.25, 0.3) is 0 Å². The number of hydrogen-bond donors (Lipinski definition) is 0. The zero-order valence-corrected chi connectivity index (χ0v) is 17.0. The quantitative estimate of drug-likeness (QED) is 0.746. The molecule has 0 bridgehead atoms. The first-order valence-corrected chi connectivity index (χ1v) is 9.47. The molecule has 0 saturated carbocycles. The average molecular weight is 421 g/mol. The standard InChI is InChI=1S/C21H22ClFN2O4/c1-28-16-6-3-14(4-7-16)10-24-11-17(29-2)12-25(13-20(24)26)21(27)18-9-15(22)5-8-19(18)23/h3-9,17H,10-13H2,1-2H3. The average Bonchev–Trinajstić information content (AvgIpc) is 2.88. The molecule has 0 aliphatic carbocycles. The van der Waals surface area contributed by atoms with Gasteiger partial charge in [-0.05, 0) is 35.9 Å². The van der Waals surface area contributed by atoms with Crippen LogP contribution in [0.3, 0.4) is 0 Å². The van der Waals surface area contributed by atoms with Crippen molar-refractivity contribution in [2.75, 3.05) is 33.9 Å². The Hall–Kier alpha value is -2.64. The molecule has 6 nitrogen and oxygen atoms in total. The fourth-order valence-corrected chi connectivity index (χ4v) is 3.39. The molecule has 1 aliphatic heterocycles. The van der Waals surface area contributed by atoms with E-state index in [1.54, 1.807) is 12.0 Å². The fraction of sp³-hybridized carbons (Fsp3) is 0.333. The third-order valence-corrected chi connectivity index (χ3v) is 5.07. The van der Waals surface area contributed by atoms with Crippen molar-refractivity contribution in [1.82, 2.24) is 9.80 Å². The van der Waals surface area contributed by atoms with Crippen LogP contribution in [-0.2, 0) is 16.1 Å². The van der Waals surface area contributed by atoms with Crippen LogP contribution < -0.4 is 4.74 Å². The van der Waals surface area contributed by atoms with Crippen LogP contribution in [0.15, 0.2) is 42.5 Å². The summed E-state index contributed by atoms with van der Waals surface area (Å²) >= 11 is 5.91. The summed E-state index contributed by atoms with van der Waals surface area (Å²) in [6.07, 6.45) is -0.397. The maximum absolute atomic E-state index is 14.1. The van der Waals surface area contributed by atoms with Crippen LogP contribution in [0.1, 0.15) is 15.9 Å². The summed E-state index contributed by atoms with van der Waals surface area (Å²) in [4.78, 5) is 28.6. The Morgan fingerprint density at radius 2 is 1.90 bits per heavy atom. The Kier molecular flexibility index (Phi) is 6.71. The molecule has 8 heteroatoms. The summed E-state index contributed by atoms with van der Waals surface area (Å²) in [6, 6.07) is 11.2. The van der Waals surface area contributed by atoms with E-state index < -0.39 is 17.8 Å². The molecule has 2 aromatic rings. The van der Waals surface area contributed by atoms with Gasteiger partial charge in [-0.15, -0.1) is 0 Å². The molecule has 0 N–H and O–H groups in total. The minimum atomic E-state index is -0.680. The molecule has 0 aromatic heterocycles. The predicted octanol–water partition coefficient (Wildman–Crippen LogP) is 2.99. The number of hydrogen-bond acceptors (Lipinski definition) is 4.